The van der Waals surface area contributed by atoms with Crippen LogP contribution in [0.5, 0.6) is 5.75 Å². The summed E-state index contributed by atoms with van der Waals surface area (Å²) in [5.41, 5.74) is 3.75. The molecule has 280 valence electrons. The van der Waals surface area contributed by atoms with Crippen molar-refractivity contribution in [2.45, 2.75) is 63.4 Å². The topological polar surface area (TPSA) is 158 Å². The van der Waals surface area contributed by atoms with Crippen molar-refractivity contribution in [3.05, 3.63) is 95.7 Å². The Labute approximate surface area is 311 Å². The van der Waals surface area contributed by atoms with E-state index in [1.807, 2.05) is 49.4 Å². The first-order chi connectivity index (χ1) is 25.3. The van der Waals surface area contributed by atoms with Crippen molar-refractivity contribution in [1.82, 2.24) is 29.8 Å². The standard InChI is InChI=1S/C39H48N8O5S/c1-27-25-40-38(44-36(27)41-30-9-7-10-32(24-30)53(50,51)45-39(2,3)4)42-29-12-14-31(15-13-29)52-23-22-46-18-20-47(21-19-46)26-28-8-5-6-11-33(28)34-16-17-35(48)43-37(34)49/h5-15,24-25,34,45H,16-23,26H2,1-4H3,(H,43,48,49)(H2,40,41,42,44). The van der Waals surface area contributed by atoms with Gasteiger partial charge in [0.05, 0.1) is 10.8 Å². The summed E-state index contributed by atoms with van der Waals surface area (Å²) in [7, 11) is -3.69. The van der Waals surface area contributed by atoms with E-state index >= 15 is 0 Å². The lowest BCUT2D eigenvalue weighted by Crippen LogP contribution is -2.47. The molecule has 2 amide bonds. The minimum absolute atomic E-state index is 0.162. The number of hydrogen-bond acceptors (Lipinski definition) is 11. The van der Waals surface area contributed by atoms with Crippen LogP contribution in [0, 0.1) is 6.92 Å². The maximum absolute atomic E-state index is 12.9. The Kier molecular flexibility index (Phi) is 11.7. The van der Waals surface area contributed by atoms with Crippen LogP contribution in [0.3, 0.4) is 0 Å². The molecule has 0 radical (unpaired) electrons. The number of benzene rings is 3. The number of piperazine rings is 1. The highest BCUT2D eigenvalue weighted by atomic mass is 32.2. The summed E-state index contributed by atoms with van der Waals surface area (Å²) in [6.07, 6.45) is 2.64. The number of aromatic nitrogens is 2. The number of rotatable bonds is 13. The van der Waals surface area contributed by atoms with E-state index in [1.54, 1.807) is 51.2 Å². The van der Waals surface area contributed by atoms with Gasteiger partial charge in [0.15, 0.2) is 0 Å². The summed E-state index contributed by atoms with van der Waals surface area (Å²) >= 11 is 0. The van der Waals surface area contributed by atoms with E-state index in [4.69, 9.17) is 4.74 Å². The minimum atomic E-state index is -3.69. The molecule has 3 heterocycles. The van der Waals surface area contributed by atoms with Gasteiger partial charge in [0.2, 0.25) is 27.8 Å². The molecule has 4 aromatic rings. The van der Waals surface area contributed by atoms with Crippen molar-refractivity contribution in [1.29, 1.82) is 0 Å². The van der Waals surface area contributed by atoms with E-state index in [0.717, 1.165) is 67.4 Å². The van der Waals surface area contributed by atoms with Gasteiger partial charge in [-0.3, -0.25) is 24.7 Å². The van der Waals surface area contributed by atoms with E-state index in [9.17, 15) is 18.0 Å². The van der Waals surface area contributed by atoms with Gasteiger partial charge >= 0.3 is 0 Å². The Balaban J connectivity index is 0.958. The Morgan fingerprint density at radius 2 is 1.64 bits per heavy atom. The molecule has 2 aliphatic rings. The predicted octanol–water partition coefficient (Wildman–Crippen LogP) is 5.07. The van der Waals surface area contributed by atoms with Gasteiger partial charge in [-0.15, -0.1) is 0 Å². The first-order valence-corrected chi connectivity index (χ1v) is 19.4. The Morgan fingerprint density at radius 3 is 2.38 bits per heavy atom. The molecule has 0 aliphatic carbocycles. The van der Waals surface area contributed by atoms with Crippen molar-refractivity contribution < 1.29 is 22.7 Å². The van der Waals surface area contributed by atoms with Crippen molar-refractivity contribution in [3.63, 3.8) is 0 Å². The van der Waals surface area contributed by atoms with E-state index in [2.05, 4.69) is 46.5 Å². The predicted molar refractivity (Wildman–Crippen MR) is 205 cm³/mol. The molecule has 2 fully saturated rings. The fourth-order valence-corrected chi connectivity index (χ4v) is 7.91. The van der Waals surface area contributed by atoms with Crippen molar-refractivity contribution >= 4 is 45.0 Å². The van der Waals surface area contributed by atoms with Crippen LogP contribution in [0.4, 0.5) is 23.1 Å². The van der Waals surface area contributed by atoms with Crippen molar-refractivity contribution in [3.8, 4) is 5.75 Å². The lowest BCUT2D eigenvalue weighted by molar-refractivity contribution is -0.134. The quantitative estimate of drug-likeness (QED) is 0.136. The normalized spacial score (nSPS) is 17.3. The second-order valence-corrected chi connectivity index (χ2v) is 16.2. The van der Waals surface area contributed by atoms with Crippen LogP contribution in [0.2, 0.25) is 0 Å². The fraction of sp³-hybridized carbons (Fsp3) is 0.385. The van der Waals surface area contributed by atoms with E-state index in [-0.39, 0.29) is 22.6 Å². The highest BCUT2D eigenvalue weighted by Crippen LogP contribution is 2.29. The highest BCUT2D eigenvalue weighted by Gasteiger charge is 2.30. The van der Waals surface area contributed by atoms with Crippen LogP contribution in [-0.2, 0) is 26.2 Å². The molecule has 2 aliphatic heterocycles. The maximum atomic E-state index is 12.9. The molecule has 1 atom stereocenters. The van der Waals surface area contributed by atoms with E-state index < -0.39 is 15.6 Å². The lowest BCUT2D eigenvalue weighted by Gasteiger charge is -2.35. The summed E-state index contributed by atoms with van der Waals surface area (Å²) in [6, 6.07) is 22.3. The number of carbonyl (C=O) groups is 2. The SMILES string of the molecule is Cc1cnc(Nc2ccc(OCCN3CCN(Cc4ccccc4C4CCC(=O)NC4=O)CC3)cc2)nc1Nc1cccc(S(=O)(=O)NC(C)(C)C)c1. The number of hydrogen-bond donors (Lipinski definition) is 4. The summed E-state index contributed by atoms with van der Waals surface area (Å²) in [4.78, 5) is 38.2. The largest absolute Gasteiger partial charge is 0.492 e. The number of aryl methyl sites for hydroxylation is 1. The van der Waals surface area contributed by atoms with Crippen LogP contribution < -0.4 is 25.4 Å². The first kappa shape index (κ1) is 37.9. The van der Waals surface area contributed by atoms with Gasteiger partial charge in [0.25, 0.3) is 0 Å². The molecule has 53 heavy (non-hydrogen) atoms. The zero-order valence-corrected chi connectivity index (χ0v) is 31.5. The Hall–Kier alpha value is -4.89. The number of nitrogens with one attached hydrogen (secondary N) is 4. The van der Waals surface area contributed by atoms with Gasteiger partial charge in [-0.1, -0.05) is 30.3 Å². The summed E-state index contributed by atoms with van der Waals surface area (Å²) in [5, 5.41) is 8.95. The molecule has 0 saturated carbocycles. The molecule has 1 unspecified atom stereocenters. The molecule has 4 N–H and O–H groups in total. The molecule has 2 saturated heterocycles. The van der Waals surface area contributed by atoms with Crippen molar-refractivity contribution in [2.75, 3.05) is 50.0 Å². The third-order valence-electron chi connectivity index (χ3n) is 9.13. The molecule has 3 aromatic carbocycles. The molecule has 1 aromatic heterocycles. The summed E-state index contributed by atoms with van der Waals surface area (Å²) in [5.74, 6) is 1.05. The first-order valence-electron chi connectivity index (χ1n) is 17.9. The van der Waals surface area contributed by atoms with Crippen LogP contribution in [0.15, 0.2) is 83.9 Å². The third-order valence-corrected chi connectivity index (χ3v) is 10.9. The number of sulfonamides is 1. The van der Waals surface area contributed by atoms with Crippen molar-refractivity contribution in [2.24, 2.45) is 0 Å². The van der Waals surface area contributed by atoms with Gasteiger partial charge in [-0.25, -0.2) is 18.1 Å². The van der Waals surface area contributed by atoms with Crippen LogP contribution in [0.25, 0.3) is 0 Å². The number of ether oxygens (including phenoxy) is 1. The Bertz CT molecular complexity index is 2030. The molecular formula is C39H48N8O5S. The van der Waals surface area contributed by atoms with Gasteiger partial charge < -0.3 is 15.4 Å². The third kappa shape index (κ3) is 10.4. The number of amides is 2. The average Bonchev–Trinajstić information content (AvgIpc) is 3.11. The molecule has 0 spiro atoms. The number of nitrogens with zero attached hydrogens (tertiary/aromatic N) is 4. The van der Waals surface area contributed by atoms with Gasteiger partial charge in [-0.2, -0.15) is 4.98 Å². The Morgan fingerprint density at radius 1 is 0.906 bits per heavy atom. The molecular weight excluding hydrogens is 693 g/mol. The number of carbonyl (C=O) groups excluding carboxylic acids is 2. The monoisotopic (exact) mass is 740 g/mol. The summed E-state index contributed by atoms with van der Waals surface area (Å²) in [6.45, 7) is 13.1. The second-order valence-electron chi connectivity index (χ2n) is 14.6. The molecule has 6 rings (SSSR count). The van der Waals surface area contributed by atoms with Gasteiger partial charge in [0, 0.05) is 74.4 Å². The highest BCUT2D eigenvalue weighted by molar-refractivity contribution is 7.89. The number of imide groups is 1. The number of anilines is 4. The van der Waals surface area contributed by atoms with E-state index in [1.165, 1.54) is 0 Å². The number of piperidine rings is 1. The minimum Gasteiger partial charge on any atom is -0.492 e. The van der Waals surface area contributed by atoms with E-state index in [0.29, 0.717) is 36.9 Å². The lowest BCUT2D eigenvalue weighted by atomic mass is 9.87. The average molecular weight is 741 g/mol. The smallest absolute Gasteiger partial charge is 0.241 e. The van der Waals surface area contributed by atoms with Crippen LogP contribution in [0.1, 0.15) is 56.2 Å². The zero-order valence-electron chi connectivity index (χ0n) is 30.7. The van der Waals surface area contributed by atoms with Crippen LogP contribution in [-0.4, -0.2) is 84.9 Å². The molecule has 14 heteroatoms. The molecule has 0 bridgehead atoms. The fourth-order valence-electron chi connectivity index (χ4n) is 6.45. The van der Waals surface area contributed by atoms with Gasteiger partial charge in [0.1, 0.15) is 18.2 Å². The zero-order chi connectivity index (χ0) is 37.6. The van der Waals surface area contributed by atoms with Gasteiger partial charge in [-0.05, 0) is 87.7 Å². The summed E-state index contributed by atoms with van der Waals surface area (Å²) < 4.78 is 34.5. The maximum Gasteiger partial charge on any atom is 0.241 e. The van der Waals surface area contributed by atoms with Crippen LogP contribution >= 0.6 is 0 Å². The molecule has 13 nitrogen and oxygen atoms in total. The second kappa shape index (κ2) is 16.4.